The molecular formula is C16H22O. The molecular weight excluding hydrogens is 208 g/mol. The van der Waals surface area contributed by atoms with E-state index in [0.29, 0.717) is 0 Å². The van der Waals surface area contributed by atoms with Crippen molar-refractivity contribution in [1.29, 1.82) is 0 Å². The molecule has 0 rings (SSSR count). The Bertz CT molecular complexity index is 331. The van der Waals surface area contributed by atoms with Crippen molar-refractivity contribution < 1.29 is 5.11 Å². The van der Waals surface area contributed by atoms with Crippen LogP contribution in [0.3, 0.4) is 0 Å². The minimum atomic E-state index is 0.00262. The molecule has 0 aromatic rings. The molecule has 0 saturated carbocycles. The summed E-state index contributed by atoms with van der Waals surface area (Å²) < 4.78 is 0. The molecule has 0 heterocycles. The normalized spacial score (nSPS) is 9.53. The maximum Gasteiger partial charge on any atom is 0.108 e. The molecule has 0 aromatic heterocycles. The van der Waals surface area contributed by atoms with Crippen molar-refractivity contribution in [2.45, 2.75) is 13.8 Å². The fourth-order valence-corrected chi connectivity index (χ4v) is 0.654. The lowest BCUT2D eigenvalue weighted by molar-refractivity contribution is 0.435. The van der Waals surface area contributed by atoms with Crippen molar-refractivity contribution in [3.05, 3.63) is 85.8 Å². The summed E-state index contributed by atoms with van der Waals surface area (Å²) in [5.74, 6) is 0.00262. The fraction of sp³-hybridized carbons (Fsp3) is 0.125. The van der Waals surface area contributed by atoms with E-state index in [2.05, 4.69) is 32.9 Å². The van der Waals surface area contributed by atoms with Crippen LogP contribution in [0.4, 0.5) is 0 Å². The van der Waals surface area contributed by atoms with Crippen LogP contribution in [0.5, 0.6) is 0 Å². The highest BCUT2D eigenvalue weighted by molar-refractivity contribution is 5.44. The molecule has 0 aliphatic rings. The summed E-state index contributed by atoms with van der Waals surface area (Å²) in [7, 11) is 0. The maximum atomic E-state index is 8.82. The van der Waals surface area contributed by atoms with Crippen molar-refractivity contribution in [2.75, 3.05) is 0 Å². The fourth-order valence-electron chi connectivity index (χ4n) is 0.654. The van der Waals surface area contributed by atoms with Crippen LogP contribution in [-0.2, 0) is 0 Å². The van der Waals surface area contributed by atoms with E-state index in [1.54, 1.807) is 12.2 Å². The van der Waals surface area contributed by atoms with Gasteiger partial charge in [0.15, 0.2) is 0 Å². The zero-order valence-electron chi connectivity index (χ0n) is 10.9. The quantitative estimate of drug-likeness (QED) is 0.398. The van der Waals surface area contributed by atoms with Gasteiger partial charge in [-0.1, -0.05) is 56.2 Å². The smallest absolute Gasteiger partial charge is 0.108 e. The number of hydrogen-bond acceptors (Lipinski definition) is 1. The summed E-state index contributed by atoms with van der Waals surface area (Å²) in [4.78, 5) is 0. The molecule has 0 amide bonds. The van der Waals surface area contributed by atoms with Crippen LogP contribution >= 0.6 is 0 Å². The lowest BCUT2D eigenvalue weighted by Gasteiger charge is -1.98. The monoisotopic (exact) mass is 230 g/mol. The Morgan fingerprint density at radius 2 is 1.24 bits per heavy atom. The van der Waals surface area contributed by atoms with Gasteiger partial charge in [0.1, 0.15) is 5.76 Å². The molecule has 0 bridgehead atoms. The van der Waals surface area contributed by atoms with E-state index < -0.39 is 0 Å². The Hall–Kier alpha value is -2.02. The van der Waals surface area contributed by atoms with Gasteiger partial charge in [0, 0.05) is 0 Å². The third kappa shape index (κ3) is 14.0. The van der Waals surface area contributed by atoms with Crippen molar-refractivity contribution >= 4 is 0 Å². The molecule has 0 fully saturated rings. The third-order valence-electron chi connectivity index (χ3n) is 1.46. The van der Waals surface area contributed by atoms with E-state index in [4.69, 9.17) is 5.11 Å². The molecule has 1 heteroatoms. The molecule has 1 N–H and O–H groups in total. The molecule has 0 aliphatic heterocycles. The standard InChI is InChI=1S/C13H16O.C3H6/c1-10(2)6-7-11(3)12(4)8-9-13(5)14;1-3-2/h6-9,14H,1,3-5H2,2H3;3H,1H2,2H3/b7-6-,9-8-;. The first-order valence-electron chi connectivity index (χ1n) is 5.19. The second kappa shape index (κ2) is 10.5. The van der Waals surface area contributed by atoms with Gasteiger partial charge in [-0.25, -0.2) is 0 Å². The summed E-state index contributed by atoms with van der Waals surface area (Å²) >= 11 is 0. The van der Waals surface area contributed by atoms with Crippen LogP contribution in [-0.4, -0.2) is 5.11 Å². The minimum Gasteiger partial charge on any atom is -0.509 e. The minimum absolute atomic E-state index is 0.00262. The second-order valence-electron chi connectivity index (χ2n) is 3.46. The van der Waals surface area contributed by atoms with Gasteiger partial charge in [0.2, 0.25) is 0 Å². The maximum absolute atomic E-state index is 8.82. The molecule has 0 aromatic carbocycles. The highest BCUT2D eigenvalue weighted by Gasteiger charge is 1.91. The Labute approximate surface area is 105 Å². The van der Waals surface area contributed by atoms with E-state index in [-0.39, 0.29) is 5.76 Å². The molecule has 0 spiro atoms. The van der Waals surface area contributed by atoms with Gasteiger partial charge in [-0.3, -0.25) is 0 Å². The van der Waals surface area contributed by atoms with Gasteiger partial charge in [0.25, 0.3) is 0 Å². The summed E-state index contributed by atoms with van der Waals surface area (Å²) in [6, 6.07) is 0. The van der Waals surface area contributed by atoms with Crippen molar-refractivity contribution in [2.24, 2.45) is 0 Å². The van der Waals surface area contributed by atoms with Crippen LogP contribution in [0.2, 0.25) is 0 Å². The molecule has 92 valence electrons. The van der Waals surface area contributed by atoms with Crippen LogP contribution in [0.1, 0.15) is 13.8 Å². The summed E-state index contributed by atoms with van der Waals surface area (Å²) in [6.45, 7) is 21.8. The average Bonchev–Trinajstić information content (AvgIpc) is 2.23. The number of aliphatic hydroxyl groups is 1. The van der Waals surface area contributed by atoms with Gasteiger partial charge >= 0.3 is 0 Å². The number of aliphatic hydroxyl groups excluding tert-OH is 1. The molecule has 0 radical (unpaired) electrons. The van der Waals surface area contributed by atoms with Crippen LogP contribution in [0.25, 0.3) is 0 Å². The van der Waals surface area contributed by atoms with Gasteiger partial charge in [-0.05, 0) is 31.1 Å². The highest BCUT2D eigenvalue weighted by atomic mass is 16.3. The second-order valence-corrected chi connectivity index (χ2v) is 3.46. The van der Waals surface area contributed by atoms with Crippen molar-refractivity contribution in [3.8, 4) is 0 Å². The zero-order chi connectivity index (χ0) is 13.8. The summed E-state index contributed by atoms with van der Waals surface area (Å²) in [5, 5.41) is 8.82. The first-order chi connectivity index (χ1) is 7.84. The Balaban J connectivity index is 0. The molecule has 0 unspecified atom stereocenters. The zero-order valence-corrected chi connectivity index (χ0v) is 10.9. The van der Waals surface area contributed by atoms with Crippen molar-refractivity contribution in [3.63, 3.8) is 0 Å². The largest absolute Gasteiger partial charge is 0.509 e. The lowest BCUT2D eigenvalue weighted by Crippen LogP contribution is -1.79. The van der Waals surface area contributed by atoms with Gasteiger partial charge in [0.05, 0.1) is 0 Å². The van der Waals surface area contributed by atoms with E-state index in [0.717, 1.165) is 16.7 Å². The van der Waals surface area contributed by atoms with Crippen molar-refractivity contribution in [1.82, 2.24) is 0 Å². The predicted octanol–water partition coefficient (Wildman–Crippen LogP) is 5.05. The van der Waals surface area contributed by atoms with E-state index in [1.165, 1.54) is 6.08 Å². The predicted molar refractivity (Wildman–Crippen MR) is 79.0 cm³/mol. The molecule has 17 heavy (non-hydrogen) atoms. The molecule has 1 nitrogen and oxygen atoms in total. The molecule has 0 atom stereocenters. The Morgan fingerprint density at radius 1 is 0.882 bits per heavy atom. The van der Waals surface area contributed by atoms with Gasteiger partial charge in [-0.15, -0.1) is 6.58 Å². The van der Waals surface area contributed by atoms with Crippen LogP contribution in [0.15, 0.2) is 85.8 Å². The molecule has 0 aliphatic carbocycles. The average molecular weight is 230 g/mol. The highest BCUT2D eigenvalue weighted by Crippen LogP contribution is 2.10. The number of allylic oxidation sites excluding steroid dienone is 8. The number of rotatable bonds is 5. The van der Waals surface area contributed by atoms with E-state index >= 15 is 0 Å². The van der Waals surface area contributed by atoms with Crippen LogP contribution < -0.4 is 0 Å². The summed E-state index contributed by atoms with van der Waals surface area (Å²) in [6.07, 6.45) is 8.57. The Kier molecular flexibility index (Phi) is 10.7. The Morgan fingerprint density at radius 3 is 1.53 bits per heavy atom. The van der Waals surface area contributed by atoms with E-state index in [1.807, 2.05) is 26.0 Å². The topological polar surface area (TPSA) is 20.2 Å². The van der Waals surface area contributed by atoms with Crippen LogP contribution in [0, 0.1) is 0 Å². The molecule has 0 saturated heterocycles. The third-order valence-corrected chi connectivity index (χ3v) is 1.46. The van der Waals surface area contributed by atoms with E-state index in [9.17, 15) is 0 Å². The first kappa shape index (κ1) is 17.4. The lowest BCUT2D eigenvalue weighted by atomic mass is 10.1. The summed E-state index contributed by atoms with van der Waals surface area (Å²) in [5.41, 5.74) is 2.47. The first-order valence-corrected chi connectivity index (χ1v) is 5.19. The van der Waals surface area contributed by atoms with Gasteiger partial charge < -0.3 is 5.11 Å². The van der Waals surface area contributed by atoms with Gasteiger partial charge in [-0.2, -0.15) is 0 Å². The SMILES string of the molecule is C=C(C)/C=C\C(=C)C(=C)/C=C\C(=C)O.C=CC. The number of hydrogen-bond donors (Lipinski definition) is 1.